The van der Waals surface area contributed by atoms with Crippen molar-refractivity contribution < 1.29 is 24.2 Å². The lowest BCUT2D eigenvalue weighted by atomic mass is 9.74. The van der Waals surface area contributed by atoms with Crippen molar-refractivity contribution in [1.29, 1.82) is 0 Å². The molecule has 0 aromatic heterocycles. The Morgan fingerprint density at radius 1 is 1.12 bits per heavy atom. The molecule has 1 aliphatic heterocycles. The van der Waals surface area contributed by atoms with E-state index in [1.807, 2.05) is 54.3 Å². The number of halogens is 2. The Bertz CT molecular complexity index is 968. The van der Waals surface area contributed by atoms with Crippen LogP contribution in [0.1, 0.15) is 49.3 Å². The minimum atomic E-state index is -0.988. The van der Waals surface area contributed by atoms with E-state index in [1.54, 1.807) is 13.2 Å². The van der Waals surface area contributed by atoms with Crippen LogP contribution in [0.4, 0.5) is 0 Å². The van der Waals surface area contributed by atoms with E-state index in [9.17, 15) is 14.7 Å². The van der Waals surface area contributed by atoms with Gasteiger partial charge in [-0.15, -0.1) is 0 Å². The molecule has 0 bridgehead atoms. The number of carbonyl (C=O) groups is 2. The molecule has 34 heavy (non-hydrogen) atoms. The van der Waals surface area contributed by atoms with Gasteiger partial charge in [0.25, 0.3) is 0 Å². The molecule has 0 aliphatic carbocycles. The first kappa shape index (κ1) is 26.5. The van der Waals surface area contributed by atoms with Crippen LogP contribution in [-0.4, -0.2) is 54.9 Å². The highest BCUT2D eigenvalue weighted by atomic mass is 35.5. The number of carboxylic acids is 1. The van der Waals surface area contributed by atoms with Gasteiger partial charge in [0.05, 0.1) is 38.3 Å². The fourth-order valence-electron chi connectivity index (χ4n) is 4.73. The van der Waals surface area contributed by atoms with Crippen molar-refractivity contribution in [1.82, 2.24) is 4.90 Å². The van der Waals surface area contributed by atoms with Gasteiger partial charge in [0.2, 0.25) is 5.91 Å². The van der Waals surface area contributed by atoms with Crippen LogP contribution in [0.3, 0.4) is 0 Å². The number of carboxylic acid groups (broad SMARTS) is 1. The summed E-state index contributed by atoms with van der Waals surface area (Å²) in [5.41, 5.74) is 1.90. The van der Waals surface area contributed by atoms with Crippen LogP contribution >= 0.6 is 23.2 Å². The lowest BCUT2D eigenvalue weighted by molar-refractivity contribution is -0.154. The molecule has 2 aromatic rings. The Kier molecular flexibility index (Phi) is 9.77. The third-order valence-corrected chi connectivity index (χ3v) is 6.83. The van der Waals surface area contributed by atoms with Gasteiger partial charge in [0.15, 0.2) is 0 Å². The molecule has 0 radical (unpaired) electrons. The largest absolute Gasteiger partial charge is 0.481 e. The molecule has 0 spiro atoms. The van der Waals surface area contributed by atoms with E-state index in [0.29, 0.717) is 42.7 Å². The van der Waals surface area contributed by atoms with Gasteiger partial charge in [0, 0.05) is 29.0 Å². The van der Waals surface area contributed by atoms with Gasteiger partial charge >= 0.3 is 5.97 Å². The van der Waals surface area contributed by atoms with E-state index in [-0.39, 0.29) is 30.3 Å². The Balaban J connectivity index is 2.09. The number of hydrogen-bond donors (Lipinski definition) is 1. The number of ether oxygens (including phenoxy) is 2. The fourth-order valence-corrected chi connectivity index (χ4v) is 5.06. The first-order valence-electron chi connectivity index (χ1n) is 11.5. The smallest absolute Gasteiger partial charge is 0.304 e. The summed E-state index contributed by atoms with van der Waals surface area (Å²) < 4.78 is 10.9. The molecule has 1 fully saturated rings. The summed E-state index contributed by atoms with van der Waals surface area (Å²) in [6.07, 6.45) is 0.849. The summed E-state index contributed by atoms with van der Waals surface area (Å²) in [5.74, 6) is -1.94. The third-order valence-electron chi connectivity index (χ3n) is 6.34. The Labute approximate surface area is 210 Å². The van der Waals surface area contributed by atoms with Crippen LogP contribution in [0.25, 0.3) is 0 Å². The van der Waals surface area contributed by atoms with E-state index >= 15 is 0 Å². The molecule has 8 heteroatoms. The van der Waals surface area contributed by atoms with Crippen LogP contribution in [0.15, 0.2) is 48.5 Å². The summed E-state index contributed by atoms with van der Waals surface area (Å²) in [5, 5.41) is 10.7. The summed E-state index contributed by atoms with van der Waals surface area (Å²) in [6.45, 7) is 3.21. The third kappa shape index (κ3) is 6.51. The number of nitrogens with zero attached hydrogens (tertiary/aromatic N) is 1. The van der Waals surface area contributed by atoms with Crippen LogP contribution in [0, 0.1) is 5.92 Å². The molecule has 6 nitrogen and oxygen atoms in total. The number of aliphatic carboxylic acids is 1. The van der Waals surface area contributed by atoms with E-state index in [4.69, 9.17) is 32.7 Å². The number of piperidine rings is 1. The Morgan fingerprint density at radius 3 is 2.47 bits per heavy atom. The van der Waals surface area contributed by atoms with Gasteiger partial charge in [-0.2, -0.15) is 0 Å². The fraction of sp³-hybridized carbons (Fsp3) is 0.462. The standard InChI is InChI=1S/C26H31Cl2NO5/c1-3-22(16-34-12-11-33-2)29-25(17-7-9-20(27)10-8-17)23(18-5-4-6-21(28)13-18)14-19(26(29)32)15-24(30)31/h4-10,13,19,22-23,25H,3,11-12,14-16H2,1-2H3,(H,30,31)/t19?,22-,23+,25+/m0/s1. The number of likely N-dealkylation sites (tertiary alicyclic amines) is 1. The predicted octanol–water partition coefficient (Wildman–Crippen LogP) is 5.58. The maximum Gasteiger partial charge on any atom is 0.304 e. The zero-order valence-corrected chi connectivity index (χ0v) is 21.0. The van der Waals surface area contributed by atoms with Crippen molar-refractivity contribution in [2.45, 2.75) is 44.2 Å². The lowest BCUT2D eigenvalue weighted by Gasteiger charge is -2.48. The number of methoxy groups -OCH3 is 1. The quantitative estimate of drug-likeness (QED) is 0.401. The topological polar surface area (TPSA) is 76.1 Å². The van der Waals surface area contributed by atoms with E-state index in [0.717, 1.165) is 11.1 Å². The Morgan fingerprint density at radius 2 is 1.85 bits per heavy atom. The van der Waals surface area contributed by atoms with E-state index in [1.165, 1.54) is 0 Å². The van der Waals surface area contributed by atoms with Crippen LogP contribution in [-0.2, 0) is 19.1 Å². The van der Waals surface area contributed by atoms with E-state index in [2.05, 4.69) is 0 Å². The number of carbonyl (C=O) groups excluding carboxylic acids is 1. The molecule has 4 atom stereocenters. The average molecular weight is 508 g/mol. The van der Waals surface area contributed by atoms with Crippen LogP contribution in [0.5, 0.6) is 0 Å². The second kappa shape index (κ2) is 12.5. The van der Waals surface area contributed by atoms with Gasteiger partial charge in [-0.05, 0) is 48.2 Å². The average Bonchev–Trinajstić information content (AvgIpc) is 2.81. The summed E-state index contributed by atoms with van der Waals surface area (Å²) in [4.78, 5) is 27.3. The first-order chi connectivity index (χ1) is 16.3. The van der Waals surface area contributed by atoms with Crippen molar-refractivity contribution in [3.05, 3.63) is 69.7 Å². The molecule has 2 aromatic carbocycles. The van der Waals surface area contributed by atoms with Crippen molar-refractivity contribution in [2.75, 3.05) is 26.9 Å². The molecule has 3 rings (SSSR count). The van der Waals surface area contributed by atoms with E-state index < -0.39 is 11.9 Å². The van der Waals surface area contributed by atoms with Crippen molar-refractivity contribution in [3.8, 4) is 0 Å². The van der Waals surface area contributed by atoms with Crippen LogP contribution < -0.4 is 0 Å². The highest BCUT2D eigenvalue weighted by Gasteiger charge is 2.46. The number of hydrogen-bond acceptors (Lipinski definition) is 4. The maximum absolute atomic E-state index is 13.8. The number of rotatable bonds is 11. The molecular weight excluding hydrogens is 477 g/mol. The molecule has 1 N–H and O–H groups in total. The molecule has 1 amide bonds. The second-order valence-corrected chi connectivity index (χ2v) is 9.44. The molecular formula is C26H31Cl2NO5. The van der Waals surface area contributed by atoms with Gasteiger partial charge in [-0.1, -0.05) is 54.4 Å². The molecule has 184 valence electrons. The highest BCUT2D eigenvalue weighted by molar-refractivity contribution is 6.30. The second-order valence-electron chi connectivity index (χ2n) is 8.56. The van der Waals surface area contributed by atoms with Crippen molar-refractivity contribution in [3.63, 3.8) is 0 Å². The van der Waals surface area contributed by atoms with Gasteiger partial charge in [0.1, 0.15) is 0 Å². The summed E-state index contributed by atoms with van der Waals surface area (Å²) >= 11 is 12.5. The molecule has 1 unspecified atom stereocenters. The summed E-state index contributed by atoms with van der Waals surface area (Å²) in [6, 6.07) is 14.5. The first-order valence-corrected chi connectivity index (χ1v) is 12.2. The van der Waals surface area contributed by atoms with Gasteiger partial charge in [-0.25, -0.2) is 0 Å². The molecule has 0 saturated carbocycles. The minimum absolute atomic E-state index is 0.144. The van der Waals surface area contributed by atoms with Crippen LogP contribution in [0.2, 0.25) is 10.0 Å². The van der Waals surface area contributed by atoms with Gasteiger partial charge in [-0.3, -0.25) is 9.59 Å². The highest BCUT2D eigenvalue weighted by Crippen LogP contribution is 2.47. The number of amides is 1. The number of benzene rings is 2. The summed E-state index contributed by atoms with van der Waals surface area (Å²) in [7, 11) is 1.61. The zero-order valence-electron chi connectivity index (χ0n) is 19.5. The molecule has 1 heterocycles. The SMILES string of the molecule is CC[C@@H](COCCOC)N1C(=O)C(CC(=O)O)C[C@H](c2cccc(Cl)c2)[C@H]1c1ccc(Cl)cc1. The van der Waals surface area contributed by atoms with Crippen molar-refractivity contribution in [2.24, 2.45) is 5.92 Å². The monoisotopic (exact) mass is 507 g/mol. The zero-order chi connectivity index (χ0) is 24.7. The maximum atomic E-state index is 13.8. The normalized spacial score (nSPS) is 21.5. The minimum Gasteiger partial charge on any atom is -0.481 e. The van der Waals surface area contributed by atoms with Gasteiger partial charge < -0.3 is 19.5 Å². The Hall–Kier alpha value is -2.12. The molecule has 1 saturated heterocycles. The molecule has 1 aliphatic rings. The van der Waals surface area contributed by atoms with Crippen molar-refractivity contribution >= 4 is 35.1 Å². The predicted molar refractivity (Wildman–Crippen MR) is 132 cm³/mol. The lowest BCUT2D eigenvalue weighted by Crippen LogP contribution is -2.53.